The molecule has 1 aromatic rings. The van der Waals surface area contributed by atoms with Gasteiger partial charge in [-0.2, -0.15) is 0 Å². The molecule has 4 rings (SSSR count). The van der Waals surface area contributed by atoms with E-state index in [1.54, 1.807) is 6.92 Å². The molecule has 0 spiro atoms. The van der Waals surface area contributed by atoms with E-state index in [9.17, 15) is 9.59 Å². The average molecular weight is 342 g/mol. The van der Waals surface area contributed by atoms with E-state index in [0.29, 0.717) is 35.9 Å². The van der Waals surface area contributed by atoms with E-state index in [1.807, 2.05) is 12.1 Å². The third-order valence-corrected chi connectivity index (χ3v) is 6.87. The van der Waals surface area contributed by atoms with E-state index in [4.69, 9.17) is 9.47 Å². The third kappa shape index (κ3) is 2.66. The molecule has 0 aliphatic heterocycles. The molecule has 0 N–H and O–H groups in total. The monoisotopic (exact) mass is 342 g/mol. The summed E-state index contributed by atoms with van der Waals surface area (Å²) in [6.07, 6.45) is 5.42. The Morgan fingerprint density at radius 1 is 1.24 bits per heavy atom. The summed E-state index contributed by atoms with van der Waals surface area (Å²) in [5.74, 6) is 2.76. The number of carbonyl (C=O) groups excluding carboxylic acids is 2. The fourth-order valence-electron chi connectivity index (χ4n) is 5.64. The Morgan fingerprint density at radius 2 is 2.08 bits per heavy atom. The molecule has 4 nitrogen and oxygen atoms in total. The van der Waals surface area contributed by atoms with Crippen LogP contribution in [0.15, 0.2) is 18.2 Å². The van der Waals surface area contributed by atoms with Crippen molar-refractivity contribution < 1.29 is 19.1 Å². The van der Waals surface area contributed by atoms with Crippen LogP contribution in [0.3, 0.4) is 0 Å². The molecule has 2 saturated carbocycles. The Labute approximate surface area is 148 Å². The number of Topliss-reactive ketones (excluding diaryl/α,β-unsaturated/α-hetero) is 1. The maximum absolute atomic E-state index is 12.4. The van der Waals surface area contributed by atoms with E-state index in [0.717, 1.165) is 38.5 Å². The summed E-state index contributed by atoms with van der Waals surface area (Å²) in [6, 6.07) is 6.00. The molecule has 25 heavy (non-hydrogen) atoms. The fourth-order valence-corrected chi connectivity index (χ4v) is 5.64. The number of hydrogen-bond donors (Lipinski definition) is 0. The van der Waals surface area contributed by atoms with Crippen LogP contribution in [-0.4, -0.2) is 18.5 Å². The summed E-state index contributed by atoms with van der Waals surface area (Å²) < 4.78 is 10.1. The van der Waals surface area contributed by atoms with Crippen molar-refractivity contribution in [1.82, 2.24) is 0 Å². The van der Waals surface area contributed by atoms with Crippen molar-refractivity contribution in [3.8, 4) is 5.75 Å². The largest absolute Gasteiger partial charge is 0.513 e. The first-order valence-electron chi connectivity index (χ1n) is 9.53. The van der Waals surface area contributed by atoms with Crippen LogP contribution >= 0.6 is 0 Å². The van der Waals surface area contributed by atoms with Gasteiger partial charge in [0.25, 0.3) is 0 Å². The molecule has 0 radical (unpaired) electrons. The van der Waals surface area contributed by atoms with Crippen LogP contribution in [-0.2, 0) is 16.0 Å². The first kappa shape index (κ1) is 16.6. The predicted molar refractivity (Wildman–Crippen MR) is 93.7 cm³/mol. The van der Waals surface area contributed by atoms with Gasteiger partial charge >= 0.3 is 6.16 Å². The van der Waals surface area contributed by atoms with Gasteiger partial charge in [0.05, 0.1) is 6.61 Å². The third-order valence-electron chi connectivity index (χ3n) is 6.87. The zero-order valence-corrected chi connectivity index (χ0v) is 15.0. The van der Waals surface area contributed by atoms with Gasteiger partial charge in [-0.3, -0.25) is 4.79 Å². The molecule has 134 valence electrons. The minimum atomic E-state index is -0.644. The quantitative estimate of drug-likeness (QED) is 0.580. The first-order chi connectivity index (χ1) is 12.0. The van der Waals surface area contributed by atoms with Crippen LogP contribution in [0.4, 0.5) is 4.79 Å². The number of fused-ring (bicyclic) bond motifs is 5. The summed E-state index contributed by atoms with van der Waals surface area (Å²) in [4.78, 5) is 23.9. The van der Waals surface area contributed by atoms with Crippen molar-refractivity contribution in [2.45, 2.75) is 58.3 Å². The summed E-state index contributed by atoms with van der Waals surface area (Å²) in [5, 5.41) is 0. The molecule has 1 aromatic carbocycles. The number of carbonyl (C=O) groups is 2. The Kier molecular flexibility index (Phi) is 4.09. The summed E-state index contributed by atoms with van der Waals surface area (Å²) >= 11 is 0. The Bertz CT molecular complexity index is 710. The molecule has 3 aliphatic carbocycles. The van der Waals surface area contributed by atoms with Crippen molar-refractivity contribution in [3.05, 3.63) is 29.3 Å². The van der Waals surface area contributed by atoms with Gasteiger partial charge in [-0.1, -0.05) is 13.0 Å². The molecule has 2 fully saturated rings. The highest BCUT2D eigenvalue weighted by molar-refractivity contribution is 5.87. The van der Waals surface area contributed by atoms with Crippen LogP contribution in [0.5, 0.6) is 5.75 Å². The van der Waals surface area contributed by atoms with Gasteiger partial charge < -0.3 is 9.47 Å². The van der Waals surface area contributed by atoms with Gasteiger partial charge in [-0.05, 0) is 80.0 Å². The number of ether oxygens (including phenoxy) is 2. The van der Waals surface area contributed by atoms with E-state index < -0.39 is 6.16 Å². The van der Waals surface area contributed by atoms with Gasteiger partial charge in [0.1, 0.15) is 11.5 Å². The van der Waals surface area contributed by atoms with Crippen molar-refractivity contribution in [2.24, 2.45) is 17.3 Å². The van der Waals surface area contributed by atoms with Crippen molar-refractivity contribution in [1.29, 1.82) is 0 Å². The molecule has 3 aliphatic rings. The lowest BCUT2D eigenvalue weighted by atomic mass is 9.55. The molecular formula is C21H26O4. The second-order valence-electron chi connectivity index (χ2n) is 7.98. The van der Waals surface area contributed by atoms with Crippen molar-refractivity contribution in [2.75, 3.05) is 6.61 Å². The zero-order chi connectivity index (χ0) is 17.6. The van der Waals surface area contributed by atoms with E-state index in [-0.39, 0.29) is 5.41 Å². The average Bonchev–Trinajstić information content (AvgIpc) is 2.90. The summed E-state index contributed by atoms with van der Waals surface area (Å²) in [6.45, 7) is 4.28. The highest BCUT2D eigenvalue weighted by atomic mass is 16.7. The molecule has 0 saturated heterocycles. The van der Waals surface area contributed by atoms with Gasteiger partial charge in [-0.15, -0.1) is 0 Å². The standard InChI is InChI=1S/C21H26O4/c1-3-24-20(23)25-14-5-7-15-13(12-14)4-6-17-16(15)10-11-21(2)18(17)8-9-19(21)22/h5,7,12,16-18H,3-4,6,8-11H2,1-2H3/t16?,17?,18?,21-/m0/s1. The minimum absolute atomic E-state index is 0.0777. The Hall–Kier alpha value is -1.84. The van der Waals surface area contributed by atoms with E-state index >= 15 is 0 Å². The molecule has 4 heteroatoms. The Morgan fingerprint density at radius 3 is 2.88 bits per heavy atom. The molecule has 3 unspecified atom stereocenters. The van der Waals surface area contributed by atoms with Gasteiger partial charge in [0.15, 0.2) is 0 Å². The van der Waals surface area contributed by atoms with Crippen LogP contribution in [0.2, 0.25) is 0 Å². The van der Waals surface area contributed by atoms with Crippen LogP contribution in [0.25, 0.3) is 0 Å². The summed E-state index contributed by atoms with van der Waals surface area (Å²) in [5.41, 5.74) is 2.61. The maximum Gasteiger partial charge on any atom is 0.513 e. The first-order valence-corrected chi connectivity index (χ1v) is 9.53. The number of aryl methyl sites for hydroxylation is 1. The maximum atomic E-state index is 12.4. The predicted octanol–water partition coefficient (Wildman–Crippen LogP) is 4.65. The lowest BCUT2D eigenvalue weighted by Gasteiger charge is -2.48. The Balaban J connectivity index is 1.57. The van der Waals surface area contributed by atoms with Gasteiger partial charge in [-0.25, -0.2) is 4.79 Å². The number of ketones is 1. The molecular weight excluding hydrogens is 316 g/mol. The lowest BCUT2D eigenvalue weighted by molar-refractivity contribution is -0.129. The molecule has 0 bridgehead atoms. The highest BCUT2D eigenvalue weighted by Gasteiger charge is 2.54. The smallest absolute Gasteiger partial charge is 0.434 e. The van der Waals surface area contributed by atoms with E-state index in [2.05, 4.69) is 13.0 Å². The highest BCUT2D eigenvalue weighted by Crippen LogP contribution is 2.59. The van der Waals surface area contributed by atoms with Crippen LogP contribution < -0.4 is 4.74 Å². The fraction of sp³-hybridized carbons (Fsp3) is 0.619. The topological polar surface area (TPSA) is 52.6 Å². The second-order valence-corrected chi connectivity index (χ2v) is 7.98. The van der Waals surface area contributed by atoms with Gasteiger partial charge in [0.2, 0.25) is 0 Å². The van der Waals surface area contributed by atoms with Crippen LogP contribution in [0, 0.1) is 17.3 Å². The second kappa shape index (κ2) is 6.15. The number of benzene rings is 1. The molecule has 4 atom stereocenters. The molecule has 0 aromatic heterocycles. The van der Waals surface area contributed by atoms with Crippen molar-refractivity contribution in [3.63, 3.8) is 0 Å². The van der Waals surface area contributed by atoms with Crippen molar-refractivity contribution >= 4 is 11.9 Å². The van der Waals surface area contributed by atoms with E-state index in [1.165, 1.54) is 11.1 Å². The summed E-state index contributed by atoms with van der Waals surface area (Å²) in [7, 11) is 0. The minimum Gasteiger partial charge on any atom is -0.434 e. The van der Waals surface area contributed by atoms with Gasteiger partial charge in [0, 0.05) is 11.8 Å². The number of rotatable bonds is 2. The molecule has 0 heterocycles. The molecule has 0 amide bonds. The normalized spacial score (nSPS) is 33.2. The SMILES string of the molecule is CCOC(=O)Oc1ccc2c(c1)CCC1C2CC[C@]2(C)C(=O)CCC12. The number of hydrogen-bond acceptors (Lipinski definition) is 4. The zero-order valence-electron chi connectivity index (χ0n) is 15.0. The van der Waals surface area contributed by atoms with Crippen LogP contribution in [0.1, 0.15) is 63.0 Å². The lowest BCUT2D eigenvalue weighted by Crippen LogP contribution is -2.42.